The van der Waals surface area contributed by atoms with Gasteiger partial charge in [-0.3, -0.25) is 0 Å². The van der Waals surface area contributed by atoms with Crippen LogP contribution in [0.2, 0.25) is 0 Å². The molecule has 5 heteroatoms. The van der Waals surface area contributed by atoms with Crippen LogP contribution < -0.4 is 0 Å². The first kappa shape index (κ1) is 20.4. The smallest absolute Gasteiger partial charge is 0.184 e. The second-order valence-electron chi connectivity index (χ2n) is 8.67. The van der Waals surface area contributed by atoms with E-state index < -0.39 is 0 Å². The number of fused-ring (bicyclic) bond motifs is 2. The molecule has 5 nitrogen and oxygen atoms in total. The Morgan fingerprint density at radius 3 is 1.59 bits per heavy atom. The van der Waals surface area contributed by atoms with E-state index >= 15 is 0 Å². The highest BCUT2D eigenvalue weighted by Crippen LogP contribution is 2.59. The van der Waals surface area contributed by atoms with Crippen LogP contribution in [-0.2, 0) is 23.7 Å². The zero-order valence-electron chi connectivity index (χ0n) is 18.5. The molecule has 2 fully saturated rings. The maximum absolute atomic E-state index is 6.29. The maximum atomic E-state index is 6.29. The van der Waals surface area contributed by atoms with Gasteiger partial charge in [0.05, 0.1) is 27.4 Å². The summed E-state index contributed by atoms with van der Waals surface area (Å²) < 4.78 is 29.6. The molecule has 0 bridgehead atoms. The van der Waals surface area contributed by atoms with Crippen molar-refractivity contribution in [2.45, 2.75) is 51.7 Å². The topological polar surface area (TPSA) is 52.8 Å². The van der Waals surface area contributed by atoms with Gasteiger partial charge in [0.2, 0.25) is 0 Å². The first-order valence-electron chi connectivity index (χ1n) is 10.9. The molecule has 6 atom stereocenters. The first-order valence-corrected chi connectivity index (χ1v) is 10.9. The third kappa shape index (κ3) is 2.92. The van der Waals surface area contributed by atoms with Crippen LogP contribution in [0.1, 0.15) is 40.5 Å². The Morgan fingerprint density at radius 2 is 1.24 bits per heavy atom. The summed E-state index contributed by atoms with van der Waals surface area (Å²) in [5, 5.41) is 0. The van der Waals surface area contributed by atoms with Gasteiger partial charge in [0.25, 0.3) is 0 Å². The van der Waals surface area contributed by atoms with Crippen molar-refractivity contribution in [1.29, 1.82) is 0 Å². The number of epoxide rings is 2. The number of allylic oxidation sites excluding steroid dienone is 2. The van der Waals surface area contributed by atoms with Gasteiger partial charge in [-0.05, 0) is 25.0 Å². The molecule has 2 aliphatic carbocycles. The van der Waals surface area contributed by atoms with Crippen LogP contribution in [0.5, 0.6) is 0 Å². The molecule has 0 amide bonds. The lowest BCUT2D eigenvalue weighted by Crippen LogP contribution is -2.37. The largest absolute Gasteiger partial charge is 0.493 e. The molecular weight excluding hydrogens is 368 g/mol. The Balaban J connectivity index is 1.43. The first-order chi connectivity index (χ1) is 14.0. The van der Waals surface area contributed by atoms with Crippen LogP contribution in [0.15, 0.2) is 47.3 Å². The van der Waals surface area contributed by atoms with E-state index in [1.54, 1.807) is 14.2 Å². The summed E-state index contributed by atoms with van der Waals surface area (Å²) >= 11 is 0. The van der Waals surface area contributed by atoms with E-state index in [0.29, 0.717) is 25.0 Å². The molecule has 0 radical (unpaired) electrons. The summed E-state index contributed by atoms with van der Waals surface area (Å²) in [6, 6.07) is 0. The lowest BCUT2D eigenvalue weighted by molar-refractivity contribution is 0.0277. The van der Waals surface area contributed by atoms with E-state index in [2.05, 4.69) is 39.8 Å². The fraction of sp³-hybridized carbons (Fsp3) is 0.667. The molecule has 0 aromatic carbocycles. The highest BCUT2D eigenvalue weighted by Gasteiger charge is 2.65. The normalized spacial score (nSPS) is 35.9. The molecule has 29 heavy (non-hydrogen) atoms. The average molecular weight is 403 g/mol. The minimum Gasteiger partial charge on any atom is -0.493 e. The number of hydrogen-bond donors (Lipinski definition) is 0. The summed E-state index contributed by atoms with van der Waals surface area (Å²) in [5.74, 6) is 4.88. The maximum Gasteiger partial charge on any atom is 0.184 e. The van der Waals surface area contributed by atoms with Crippen LogP contribution in [0.4, 0.5) is 0 Å². The Labute approximate surface area is 174 Å². The summed E-state index contributed by atoms with van der Waals surface area (Å²) in [5.41, 5.74) is -0.536. The van der Waals surface area contributed by atoms with Crippen LogP contribution in [-0.4, -0.2) is 38.6 Å². The van der Waals surface area contributed by atoms with Crippen molar-refractivity contribution >= 4 is 0 Å². The van der Waals surface area contributed by atoms with Gasteiger partial charge in [0.1, 0.15) is 0 Å². The molecule has 0 saturated carbocycles. The molecule has 2 heterocycles. The predicted octanol–water partition coefficient (Wildman–Crippen LogP) is 4.72. The van der Waals surface area contributed by atoms with Crippen LogP contribution in [0.3, 0.4) is 0 Å². The van der Waals surface area contributed by atoms with Crippen molar-refractivity contribution in [2.75, 3.05) is 27.4 Å². The van der Waals surface area contributed by atoms with Crippen molar-refractivity contribution < 1.29 is 23.7 Å². The second-order valence-corrected chi connectivity index (χ2v) is 8.67. The van der Waals surface area contributed by atoms with E-state index in [9.17, 15) is 0 Å². The second kappa shape index (κ2) is 7.42. The molecule has 0 aromatic heterocycles. The van der Waals surface area contributed by atoms with Crippen LogP contribution >= 0.6 is 0 Å². The van der Waals surface area contributed by atoms with Gasteiger partial charge in [-0.1, -0.05) is 39.8 Å². The van der Waals surface area contributed by atoms with E-state index in [1.807, 2.05) is 12.2 Å². The molecule has 0 N–H and O–H groups in total. The van der Waals surface area contributed by atoms with E-state index in [4.69, 9.17) is 23.7 Å². The van der Waals surface area contributed by atoms with Gasteiger partial charge >= 0.3 is 0 Å². The van der Waals surface area contributed by atoms with Crippen molar-refractivity contribution in [1.82, 2.24) is 0 Å². The van der Waals surface area contributed by atoms with Gasteiger partial charge in [-0.2, -0.15) is 0 Å². The fourth-order valence-electron chi connectivity index (χ4n) is 5.09. The zero-order chi connectivity index (χ0) is 20.8. The summed E-state index contributed by atoms with van der Waals surface area (Å²) in [6.45, 7) is 10.1. The molecule has 2 saturated heterocycles. The Morgan fingerprint density at radius 1 is 0.828 bits per heavy atom. The van der Waals surface area contributed by atoms with Gasteiger partial charge in [0, 0.05) is 23.7 Å². The Bertz CT molecular complexity index is 714. The van der Waals surface area contributed by atoms with Crippen LogP contribution in [0.25, 0.3) is 0 Å². The molecular formula is C24H34O5. The lowest BCUT2D eigenvalue weighted by Gasteiger charge is -2.29. The Kier molecular flexibility index (Phi) is 5.22. The third-order valence-corrected chi connectivity index (χ3v) is 7.40. The van der Waals surface area contributed by atoms with Crippen molar-refractivity contribution in [3.8, 4) is 0 Å². The number of ether oxygens (including phenoxy) is 5. The molecule has 0 aromatic rings. The number of hydrogen-bond acceptors (Lipinski definition) is 5. The standard InChI is InChI=1S/C24H34O5/c1-7-15(3)23-17(9-11-19(25-5)21(23)28-23)13-27-14-18-10-12-20(26-6)22-24(18,29-22)16(4)8-2/h9-12,15-18H,7-8,13-14H2,1-6H3. The minimum atomic E-state index is -0.268. The molecule has 160 valence electrons. The summed E-state index contributed by atoms with van der Waals surface area (Å²) in [7, 11) is 3.40. The van der Waals surface area contributed by atoms with Crippen LogP contribution in [0, 0.1) is 23.7 Å². The molecule has 4 aliphatic rings. The van der Waals surface area contributed by atoms with Gasteiger partial charge in [-0.25, -0.2) is 0 Å². The predicted molar refractivity (Wildman–Crippen MR) is 111 cm³/mol. The van der Waals surface area contributed by atoms with Crippen molar-refractivity contribution in [3.05, 3.63) is 47.3 Å². The van der Waals surface area contributed by atoms with Gasteiger partial charge < -0.3 is 23.7 Å². The Hall–Kier alpha value is -1.88. The SMILES string of the molecule is CCC(C)C12OC1=C(OC)C=CC2COCC1C=CC(OC)=C2OC21C(C)CC. The average Bonchev–Trinajstić information content (AvgIpc) is 3.65. The third-order valence-electron chi connectivity index (χ3n) is 7.40. The quantitative estimate of drug-likeness (QED) is 0.495. The highest BCUT2D eigenvalue weighted by atomic mass is 16.6. The highest BCUT2D eigenvalue weighted by molar-refractivity contribution is 5.43. The molecule has 4 rings (SSSR count). The molecule has 2 aliphatic heterocycles. The van der Waals surface area contributed by atoms with Crippen molar-refractivity contribution in [2.24, 2.45) is 23.7 Å². The summed E-state index contributed by atoms with van der Waals surface area (Å²) in [4.78, 5) is 0. The zero-order valence-corrected chi connectivity index (χ0v) is 18.5. The number of rotatable bonds is 10. The van der Waals surface area contributed by atoms with Gasteiger partial charge in [-0.15, -0.1) is 0 Å². The minimum absolute atomic E-state index is 0.197. The van der Waals surface area contributed by atoms with E-state index in [0.717, 1.165) is 35.9 Å². The lowest BCUT2D eigenvalue weighted by atomic mass is 9.77. The summed E-state index contributed by atoms with van der Waals surface area (Å²) in [6.07, 6.45) is 10.5. The number of methoxy groups -OCH3 is 2. The van der Waals surface area contributed by atoms with E-state index in [-0.39, 0.29) is 23.0 Å². The van der Waals surface area contributed by atoms with Gasteiger partial charge in [0.15, 0.2) is 34.2 Å². The van der Waals surface area contributed by atoms with Crippen molar-refractivity contribution in [3.63, 3.8) is 0 Å². The molecule has 0 spiro atoms. The molecule has 6 unspecified atom stereocenters. The van der Waals surface area contributed by atoms with E-state index in [1.165, 1.54) is 0 Å². The monoisotopic (exact) mass is 402 g/mol. The fourth-order valence-corrected chi connectivity index (χ4v) is 5.09.